The molecule has 0 atom stereocenters. The highest BCUT2D eigenvalue weighted by atomic mass is 16.3. The van der Waals surface area contributed by atoms with Crippen LogP contribution in [0.25, 0.3) is 0 Å². The van der Waals surface area contributed by atoms with E-state index in [0.29, 0.717) is 0 Å². The number of aryl methyl sites for hydroxylation is 3. The summed E-state index contributed by atoms with van der Waals surface area (Å²) in [4.78, 5) is 0. The highest BCUT2D eigenvalue weighted by Gasteiger charge is 2.04. The van der Waals surface area contributed by atoms with Crippen LogP contribution in [0.15, 0.2) is 34.7 Å². The lowest BCUT2D eigenvalue weighted by atomic mass is 10.2. The van der Waals surface area contributed by atoms with Gasteiger partial charge in [-0.25, -0.2) is 0 Å². The van der Waals surface area contributed by atoms with Gasteiger partial charge in [0.1, 0.15) is 11.5 Å². The predicted octanol–water partition coefficient (Wildman–Crippen LogP) is 3.82. The minimum absolute atomic E-state index is 0.814. The number of furan rings is 1. The normalized spacial score (nSPS) is 10.4. The third-order valence-electron chi connectivity index (χ3n) is 2.76. The van der Waals surface area contributed by atoms with Crippen molar-refractivity contribution < 1.29 is 4.42 Å². The quantitative estimate of drug-likeness (QED) is 0.842. The average molecular weight is 215 g/mol. The van der Waals surface area contributed by atoms with Crippen LogP contribution in [0.4, 0.5) is 5.69 Å². The van der Waals surface area contributed by atoms with Crippen LogP contribution in [0.2, 0.25) is 0 Å². The summed E-state index contributed by atoms with van der Waals surface area (Å²) in [6.45, 7) is 6.90. The van der Waals surface area contributed by atoms with E-state index in [1.807, 2.05) is 26.0 Å². The van der Waals surface area contributed by atoms with Gasteiger partial charge in [0.25, 0.3) is 0 Å². The van der Waals surface area contributed by atoms with Crippen LogP contribution in [-0.4, -0.2) is 0 Å². The van der Waals surface area contributed by atoms with Crippen molar-refractivity contribution in [3.05, 3.63) is 53.0 Å². The second-order valence-corrected chi connectivity index (χ2v) is 4.11. The van der Waals surface area contributed by atoms with Crippen molar-refractivity contribution in [2.75, 3.05) is 5.32 Å². The van der Waals surface area contributed by atoms with Crippen LogP contribution in [0.1, 0.15) is 22.6 Å². The van der Waals surface area contributed by atoms with Gasteiger partial charge in [-0.1, -0.05) is 18.2 Å². The molecule has 1 heterocycles. The maximum atomic E-state index is 5.49. The molecular weight excluding hydrogens is 198 g/mol. The van der Waals surface area contributed by atoms with Gasteiger partial charge in [-0.05, 0) is 38.5 Å². The Morgan fingerprint density at radius 3 is 2.50 bits per heavy atom. The van der Waals surface area contributed by atoms with Crippen molar-refractivity contribution >= 4 is 5.69 Å². The average Bonchev–Trinajstić information content (AvgIpc) is 2.56. The summed E-state index contributed by atoms with van der Waals surface area (Å²) in [7, 11) is 0. The summed E-state index contributed by atoms with van der Waals surface area (Å²) < 4.78 is 5.49. The van der Waals surface area contributed by atoms with Gasteiger partial charge in [-0.15, -0.1) is 0 Å². The first-order valence-electron chi connectivity index (χ1n) is 5.52. The maximum absolute atomic E-state index is 5.49. The standard InChI is InChI=1S/C14H17NO/c1-10-6-4-5-7-14(10)15-9-13-8-11(2)16-12(13)3/h4-8,15H,9H2,1-3H3. The smallest absolute Gasteiger partial charge is 0.106 e. The number of anilines is 1. The van der Waals surface area contributed by atoms with Crippen molar-refractivity contribution in [3.63, 3.8) is 0 Å². The van der Waals surface area contributed by atoms with Crippen molar-refractivity contribution in [1.29, 1.82) is 0 Å². The van der Waals surface area contributed by atoms with Crippen molar-refractivity contribution in [2.45, 2.75) is 27.3 Å². The van der Waals surface area contributed by atoms with E-state index < -0.39 is 0 Å². The maximum Gasteiger partial charge on any atom is 0.106 e. The zero-order valence-electron chi connectivity index (χ0n) is 10.0. The monoisotopic (exact) mass is 215 g/mol. The molecule has 2 nitrogen and oxygen atoms in total. The van der Waals surface area contributed by atoms with Crippen molar-refractivity contribution in [2.24, 2.45) is 0 Å². The van der Waals surface area contributed by atoms with E-state index >= 15 is 0 Å². The SMILES string of the molecule is Cc1cc(CNc2ccccc2C)c(C)o1. The molecular formula is C14H17NO. The van der Waals surface area contributed by atoms with E-state index in [-0.39, 0.29) is 0 Å². The molecule has 1 aromatic carbocycles. The van der Waals surface area contributed by atoms with Gasteiger partial charge < -0.3 is 9.73 Å². The molecule has 16 heavy (non-hydrogen) atoms. The molecule has 0 bridgehead atoms. The Balaban J connectivity index is 2.08. The van der Waals surface area contributed by atoms with E-state index in [1.165, 1.54) is 16.8 Å². The topological polar surface area (TPSA) is 25.2 Å². The number of hydrogen-bond acceptors (Lipinski definition) is 2. The Morgan fingerprint density at radius 1 is 1.12 bits per heavy atom. The minimum Gasteiger partial charge on any atom is -0.466 e. The lowest BCUT2D eigenvalue weighted by Gasteiger charge is -2.08. The van der Waals surface area contributed by atoms with E-state index in [2.05, 4.69) is 30.4 Å². The molecule has 0 amide bonds. The Labute approximate surface area is 96.3 Å². The fourth-order valence-electron chi connectivity index (χ4n) is 1.82. The number of rotatable bonds is 3. The molecule has 0 spiro atoms. The van der Waals surface area contributed by atoms with Gasteiger partial charge in [0, 0.05) is 17.8 Å². The fraction of sp³-hybridized carbons (Fsp3) is 0.286. The second kappa shape index (κ2) is 4.44. The highest BCUT2D eigenvalue weighted by Crippen LogP contribution is 2.18. The second-order valence-electron chi connectivity index (χ2n) is 4.11. The molecule has 0 unspecified atom stereocenters. The van der Waals surface area contributed by atoms with Gasteiger partial charge in [-0.3, -0.25) is 0 Å². The molecule has 2 rings (SSSR count). The summed E-state index contributed by atoms with van der Waals surface area (Å²) in [6.07, 6.45) is 0. The Morgan fingerprint density at radius 2 is 1.88 bits per heavy atom. The Hall–Kier alpha value is -1.70. The van der Waals surface area contributed by atoms with Gasteiger partial charge in [0.2, 0.25) is 0 Å². The first kappa shape index (κ1) is 10.8. The number of nitrogens with one attached hydrogen (secondary N) is 1. The summed E-state index contributed by atoms with van der Waals surface area (Å²) >= 11 is 0. The molecule has 0 saturated carbocycles. The van der Waals surface area contributed by atoms with Gasteiger partial charge in [0.05, 0.1) is 0 Å². The molecule has 0 saturated heterocycles. The fourth-order valence-corrected chi connectivity index (χ4v) is 1.82. The molecule has 0 radical (unpaired) electrons. The summed E-state index contributed by atoms with van der Waals surface area (Å²) in [5.41, 5.74) is 3.67. The number of para-hydroxylation sites is 1. The van der Waals surface area contributed by atoms with E-state index in [1.54, 1.807) is 0 Å². The molecule has 0 aliphatic rings. The molecule has 1 N–H and O–H groups in total. The zero-order chi connectivity index (χ0) is 11.5. The third-order valence-corrected chi connectivity index (χ3v) is 2.76. The highest BCUT2D eigenvalue weighted by molar-refractivity contribution is 5.50. The van der Waals surface area contributed by atoms with Crippen LogP contribution < -0.4 is 5.32 Å². The number of benzene rings is 1. The van der Waals surface area contributed by atoms with Gasteiger partial charge in [0.15, 0.2) is 0 Å². The summed E-state index contributed by atoms with van der Waals surface area (Å²) in [5, 5.41) is 3.42. The largest absolute Gasteiger partial charge is 0.466 e. The Kier molecular flexibility index (Phi) is 3.00. The van der Waals surface area contributed by atoms with Crippen LogP contribution in [0.3, 0.4) is 0 Å². The predicted molar refractivity (Wildman–Crippen MR) is 66.7 cm³/mol. The summed E-state index contributed by atoms with van der Waals surface area (Å²) in [5.74, 6) is 1.97. The van der Waals surface area contributed by atoms with Crippen LogP contribution >= 0.6 is 0 Å². The number of hydrogen-bond donors (Lipinski definition) is 1. The third kappa shape index (κ3) is 2.27. The Bertz CT molecular complexity index is 485. The summed E-state index contributed by atoms with van der Waals surface area (Å²) in [6, 6.07) is 10.4. The lowest BCUT2D eigenvalue weighted by molar-refractivity contribution is 0.501. The lowest BCUT2D eigenvalue weighted by Crippen LogP contribution is -2.00. The van der Waals surface area contributed by atoms with E-state index in [4.69, 9.17) is 4.42 Å². The molecule has 0 fully saturated rings. The van der Waals surface area contributed by atoms with E-state index in [9.17, 15) is 0 Å². The molecule has 84 valence electrons. The molecule has 2 aromatic rings. The first-order chi connectivity index (χ1) is 7.66. The van der Waals surface area contributed by atoms with Crippen LogP contribution in [0.5, 0.6) is 0 Å². The zero-order valence-corrected chi connectivity index (χ0v) is 10.0. The minimum atomic E-state index is 0.814. The molecule has 2 heteroatoms. The first-order valence-corrected chi connectivity index (χ1v) is 5.52. The molecule has 0 aliphatic carbocycles. The van der Waals surface area contributed by atoms with Crippen molar-refractivity contribution in [1.82, 2.24) is 0 Å². The van der Waals surface area contributed by atoms with Crippen molar-refractivity contribution in [3.8, 4) is 0 Å². The van der Waals surface area contributed by atoms with Crippen LogP contribution in [-0.2, 0) is 6.54 Å². The molecule has 0 aliphatic heterocycles. The van der Waals surface area contributed by atoms with Gasteiger partial charge >= 0.3 is 0 Å². The van der Waals surface area contributed by atoms with Crippen LogP contribution in [0, 0.1) is 20.8 Å². The van der Waals surface area contributed by atoms with Gasteiger partial charge in [-0.2, -0.15) is 0 Å². The molecule has 1 aromatic heterocycles. The van der Waals surface area contributed by atoms with E-state index in [0.717, 1.165) is 18.1 Å².